The monoisotopic (exact) mass is 288 g/mol. The lowest BCUT2D eigenvalue weighted by Gasteiger charge is -2.07. The number of benzene rings is 2. The van der Waals surface area contributed by atoms with Crippen LogP contribution in [0.15, 0.2) is 41.2 Å². The molecule has 0 radical (unpaired) electrons. The Labute approximate surface area is 120 Å². The van der Waals surface area contributed by atoms with Crippen molar-refractivity contribution in [1.82, 2.24) is 0 Å². The largest absolute Gasteiger partial charge is 0.289 e. The fourth-order valence-electron chi connectivity index (χ4n) is 2.21. The van der Waals surface area contributed by atoms with Crippen LogP contribution in [0.25, 0.3) is 20.2 Å². The van der Waals surface area contributed by atoms with E-state index < -0.39 is 0 Å². The van der Waals surface area contributed by atoms with Gasteiger partial charge in [0.15, 0.2) is 5.43 Å². The molecule has 1 aromatic heterocycles. The number of hydrogen-bond acceptors (Lipinski definition) is 2. The van der Waals surface area contributed by atoms with Crippen LogP contribution in [0.1, 0.15) is 25.3 Å². The summed E-state index contributed by atoms with van der Waals surface area (Å²) in [6.45, 7) is 4.26. The summed E-state index contributed by atoms with van der Waals surface area (Å²) in [5.74, 6) is 0.420. The fourth-order valence-corrected chi connectivity index (χ4v) is 3.41. The van der Waals surface area contributed by atoms with Crippen LogP contribution in [-0.4, -0.2) is 0 Å². The molecule has 0 saturated heterocycles. The SMILES string of the molecule is CC(C)c1ccc2sc3ccc(Cl)cc3c(=O)c2c1. The van der Waals surface area contributed by atoms with E-state index in [2.05, 4.69) is 19.9 Å². The highest BCUT2D eigenvalue weighted by atomic mass is 35.5. The zero-order chi connectivity index (χ0) is 13.6. The van der Waals surface area contributed by atoms with Crippen molar-refractivity contribution in [3.8, 4) is 0 Å². The molecular weight excluding hydrogens is 276 g/mol. The third-order valence-electron chi connectivity index (χ3n) is 3.32. The maximum absolute atomic E-state index is 12.6. The second-order valence-electron chi connectivity index (χ2n) is 4.98. The molecule has 0 aliphatic heterocycles. The average Bonchev–Trinajstić information content (AvgIpc) is 2.39. The summed E-state index contributed by atoms with van der Waals surface area (Å²) in [4.78, 5) is 12.6. The Morgan fingerprint density at radius 1 is 1.00 bits per heavy atom. The van der Waals surface area contributed by atoms with Crippen molar-refractivity contribution in [3.05, 3.63) is 57.2 Å². The Morgan fingerprint density at radius 3 is 2.32 bits per heavy atom. The van der Waals surface area contributed by atoms with E-state index >= 15 is 0 Å². The maximum atomic E-state index is 12.6. The number of rotatable bonds is 1. The van der Waals surface area contributed by atoms with Crippen molar-refractivity contribution < 1.29 is 0 Å². The van der Waals surface area contributed by atoms with Gasteiger partial charge in [0.2, 0.25) is 0 Å². The van der Waals surface area contributed by atoms with Gasteiger partial charge in [0, 0.05) is 25.2 Å². The van der Waals surface area contributed by atoms with Crippen LogP contribution < -0.4 is 5.43 Å². The summed E-state index contributed by atoms with van der Waals surface area (Å²) in [5.41, 5.74) is 1.27. The minimum absolute atomic E-state index is 0.0775. The highest BCUT2D eigenvalue weighted by molar-refractivity contribution is 7.24. The van der Waals surface area contributed by atoms with Gasteiger partial charge in [-0.05, 0) is 41.8 Å². The highest BCUT2D eigenvalue weighted by Gasteiger charge is 2.08. The minimum atomic E-state index is 0.0775. The minimum Gasteiger partial charge on any atom is -0.289 e. The second kappa shape index (κ2) is 4.62. The van der Waals surface area contributed by atoms with Crippen molar-refractivity contribution >= 4 is 43.1 Å². The van der Waals surface area contributed by atoms with E-state index in [1.54, 1.807) is 17.4 Å². The van der Waals surface area contributed by atoms with Gasteiger partial charge in [-0.1, -0.05) is 31.5 Å². The van der Waals surface area contributed by atoms with Crippen LogP contribution in [0.4, 0.5) is 0 Å². The molecule has 0 fully saturated rings. The summed E-state index contributed by atoms with van der Waals surface area (Å²) in [6, 6.07) is 11.7. The molecule has 1 nitrogen and oxygen atoms in total. The van der Waals surface area contributed by atoms with Crippen molar-refractivity contribution in [3.63, 3.8) is 0 Å². The van der Waals surface area contributed by atoms with Crippen molar-refractivity contribution in [1.29, 1.82) is 0 Å². The predicted octanol–water partition coefficient (Wildman–Crippen LogP) is 5.19. The molecule has 0 bridgehead atoms. The molecule has 3 heteroatoms. The Balaban J connectivity index is 2.45. The van der Waals surface area contributed by atoms with Gasteiger partial charge in [0.25, 0.3) is 0 Å². The molecule has 0 saturated carbocycles. The predicted molar refractivity (Wildman–Crippen MR) is 84.7 cm³/mol. The Kier molecular flexibility index (Phi) is 3.08. The molecule has 0 unspecified atom stereocenters. The average molecular weight is 289 g/mol. The highest BCUT2D eigenvalue weighted by Crippen LogP contribution is 2.28. The molecule has 0 N–H and O–H groups in total. The summed E-state index contributed by atoms with van der Waals surface area (Å²) < 4.78 is 2.02. The van der Waals surface area contributed by atoms with Crippen LogP contribution in [-0.2, 0) is 0 Å². The quantitative estimate of drug-likeness (QED) is 0.563. The maximum Gasteiger partial charge on any atom is 0.195 e. The number of fused-ring (bicyclic) bond motifs is 2. The molecule has 2 aromatic carbocycles. The Hall–Kier alpha value is -1.38. The van der Waals surface area contributed by atoms with Gasteiger partial charge in [-0.25, -0.2) is 0 Å². The third kappa shape index (κ3) is 2.15. The molecule has 3 rings (SSSR count). The standard InChI is InChI=1S/C16H13ClOS/c1-9(2)10-3-5-14-12(7-10)16(18)13-8-11(17)4-6-15(13)19-14/h3-9H,1-2H3. The molecule has 0 atom stereocenters. The van der Waals surface area contributed by atoms with Gasteiger partial charge in [-0.2, -0.15) is 0 Å². The topological polar surface area (TPSA) is 17.1 Å². The molecule has 3 aromatic rings. The van der Waals surface area contributed by atoms with Gasteiger partial charge in [-0.15, -0.1) is 11.3 Å². The van der Waals surface area contributed by atoms with Crippen LogP contribution in [0, 0.1) is 0 Å². The second-order valence-corrected chi connectivity index (χ2v) is 6.50. The fraction of sp³-hybridized carbons (Fsp3) is 0.188. The summed E-state index contributed by atoms with van der Waals surface area (Å²) in [6.07, 6.45) is 0. The van der Waals surface area contributed by atoms with Gasteiger partial charge < -0.3 is 0 Å². The van der Waals surface area contributed by atoms with E-state index in [4.69, 9.17) is 11.6 Å². The summed E-state index contributed by atoms with van der Waals surface area (Å²) in [5, 5.41) is 2.12. The van der Waals surface area contributed by atoms with Crippen LogP contribution >= 0.6 is 22.9 Å². The first kappa shape index (κ1) is 12.6. The normalized spacial score (nSPS) is 11.6. The third-order valence-corrected chi connectivity index (χ3v) is 4.71. The zero-order valence-corrected chi connectivity index (χ0v) is 12.3. The zero-order valence-electron chi connectivity index (χ0n) is 10.7. The first-order chi connectivity index (χ1) is 9.06. The van der Waals surface area contributed by atoms with E-state index in [-0.39, 0.29) is 5.43 Å². The van der Waals surface area contributed by atoms with E-state index in [9.17, 15) is 4.79 Å². The molecule has 0 spiro atoms. The molecular formula is C16H13ClOS. The lowest BCUT2D eigenvalue weighted by Crippen LogP contribution is -2.02. The van der Waals surface area contributed by atoms with Crippen LogP contribution in [0.2, 0.25) is 5.02 Å². The molecule has 19 heavy (non-hydrogen) atoms. The Morgan fingerprint density at radius 2 is 1.63 bits per heavy atom. The lowest BCUT2D eigenvalue weighted by atomic mass is 10.0. The van der Waals surface area contributed by atoms with Crippen LogP contribution in [0.5, 0.6) is 0 Å². The van der Waals surface area contributed by atoms with Crippen molar-refractivity contribution in [2.45, 2.75) is 19.8 Å². The van der Waals surface area contributed by atoms with E-state index in [0.29, 0.717) is 16.3 Å². The van der Waals surface area contributed by atoms with Crippen molar-refractivity contribution in [2.75, 3.05) is 0 Å². The van der Waals surface area contributed by atoms with Gasteiger partial charge in [0.05, 0.1) is 0 Å². The molecule has 0 aliphatic rings. The molecule has 1 heterocycles. The molecule has 96 valence electrons. The summed E-state index contributed by atoms with van der Waals surface area (Å²) >= 11 is 7.63. The van der Waals surface area contributed by atoms with Crippen molar-refractivity contribution in [2.24, 2.45) is 0 Å². The first-order valence-electron chi connectivity index (χ1n) is 6.22. The Bertz CT molecular complexity index is 833. The lowest BCUT2D eigenvalue weighted by molar-refractivity contribution is 0.869. The van der Waals surface area contributed by atoms with Crippen LogP contribution in [0.3, 0.4) is 0 Å². The summed E-state index contributed by atoms with van der Waals surface area (Å²) in [7, 11) is 0. The van der Waals surface area contributed by atoms with Gasteiger partial charge in [0.1, 0.15) is 0 Å². The smallest absolute Gasteiger partial charge is 0.195 e. The van der Waals surface area contributed by atoms with Gasteiger partial charge in [-0.3, -0.25) is 4.79 Å². The van der Waals surface area contributed by atoms with E-state index in [0.717, 1.165) is 14.8 Å². The molecule has 0 amide bonds. The molecule has 0 aliphatic carbocycles. The van der Waals surface area contributed by atoms with E-state index in [1.165, 1.54) is 5.56 Å². The van der Waals surface area contributed by atoms with Gasteiger partial charge >= 0.3 is 0 Å². The number of hydrogen-bond donors (Lipinski definition) is 0. The van der Waals surface area contributed by atoms with E-state index in [1.807, 2.05) is 24.3 Å². The number of halogens is 1. The first-order valence-corrected chi connectivity index (χ1v) is 7.42.